The molecule has 64 heavy (non-hydrogen) atoms. The molecule has 2 amide bonds. The van der Waals surface area contributed by atoms with Crippen LogP contribution in [0.2, 0.25) is 0 Å². The highest BCUT2D eigenvalue weighted by Crippen LogP contribution is 2.68. The number of aliphatic carboxylic acids is 5. The Kier molecular flexibility index (Phi) is 18.9. The highest BCUT2D eigenvalue weighted by atomic mass is 32.2. The van der Waals surface area contributed by atoms with E-state index in [1.165, 1.54) is 4.90 Å². The van der Waals surface area contributed by atoms with E-state index in [4.69, 9.17) is 4.55 Å². The van der Waals surface area contributed by atoms with E-state index < -0.39 is 77.9 Å². The number of rotatable bonds is 27. The van der Waals surface area contributed by atoms with Crippen LogP contribution in [0.25, 0.3) is 0 Å². The van der Waals surface area contributed by atoms with Crippen LogP contribution in [-0.4, -0.2) is 172 Å². The first-order valence-corrected chi connectivity index (χ1v) is 24.3. The Hall–Kier alpha value is -3.92. The normalized spacial score (nSPS) is 28.7. The lowest BCUT2D eigenvalue weighted by Crippen LogP contribution is -2.55. The van der Waals surface area contributed by atoms with Crippen LogP contribution in [0.15, 0.2) is 0 Å². The van der Waals surface area contributed by atoms with Crippen molar-refractivity contribution >= 4 is 51.8 Å². The Morgan fingerprint density at radius 1 is 0.672 bits per heavy atom. The van der Waals surface area contributed by atoms with Crippen LogP contribution in [0.1, 0.15) is 104 Å². The SMILES string of the molecule is C[C@H](CCC(=O)NCCS(=O)(=O)O)[C@H]1CCC2C3CC[C@@H]4C[C@@H](NC(=O)CC[C@@H](C(=O)O)N(CCN(CC(=O)O)CC(=O)O)CCN(CC(=O)O)CC(=O)O)CC[C@]4(C)C3CC[C@@]21C. The zero-order valence-corrected chi connectivity index (χ0v) is 38.3. The minimum absolute atomic E-state index is 0.0847. The molecule has 0 aromatic heterocycles. The molecule has 0 radical (unpaired) electrons. The van der Waals surface area contributed by atoms with Gasteiger partial charge in [0.1, 0.15) is 6.04 Å². The number of carboxylic acids is 5. The van der Waals surface area contributed by atoms with E-state index in [0.717, 1.165) is 67.6 Å². The molecule has 10 atom stereocenters. The number of carbonyl (C=O) groups is 7. The molecule has 20 nitrogen and oxygen atoms in total. The van der Waals surface area contributed by atoms with Gasteiger partial charge in [-0.25, -0.2) is 0 Å². The number of hydrogen-bond donors (Lipinski definition) is 8. The van der Waals surface area contributed by atoms with Crippen molar-refractivity contribution < 1.29 is 72.1 Å². The number of carboxylic acid groups (broad SMARTS) is 5. The van der Waals surface area contributed by atoms with Crippen LogP contribution in [0.5, 0.6) is 0 Å². The van der Waals surface area contributed by atoms with Crippen molar-refractivity contribution in [1.82, 2.24) is 25.3 Å². The molecule has 0 spiro atoms. The van der Waals surface area contributed by atoms with E-state index in [1.54, 1.807) is 0 Å². The number of nitrogens with one attached hydrogen (secondary N) is 2. The topological polar surface area (TPSA) is 309 Å². The van der Waals surface area contributed by atoms with Crippen molar-refractivity contribution in [3.63, 3.8) is 0 Å². The van der Waals surface area contributed by atoms with Crippen molar-refractivity contribution in [2.75, 3.05) is 64.7 Å². The van der Waals surface area contributed by atoms with Gasteiger partial charge in [-0.3, -0.25) is 52.8 Å². The molecule has 4 aliphatic rings. The molecule has 0 aromatic carbocycles. The van der Waals surface area contributed by atoms with Crippen LogP contribution in [0, 0.1) is 46.3 Å². The summed E-state index contributed by atoms with van der Waals surface area (Å²) < 4.78 is 31.0. The minimum atomic E-state index is -4.14. The average molecular weight is 930 g/mol. The number of nitrogens with zero attached hydrogens (tertiary/aromatic N) is 3. The highest BCUT2D eigenvalue weighted by Gasteiger charge is 2.60. The van der Waals surface area contributed by atoms with Crippen molar-refractivity contribution in [3.8, 4) is 0 Å². The Labute approximate surface area is 375 Å². The average Bonchev–Trinajstić information content (AvgIpc) is 3.53. The summed E-state index contributed by atoms with van der Waals surface area (Å²) in [5.41, 5.74) is 0.293. The summed E-state index contributed by atoms with van der Waals surface area (Å²) in [4.78, 5) is 87.9. The predicted molar refractivity (Wildman–Crippen MR) is 231 cm³/mol. The van der Waals surface area contributed by atoms with E-state index >= 15 is 0 Å². The molecule has 0 aromatic rings. The molecular weight excluding hydrogens is 859 g/mol. The van der Waals surface area contributed by atoms with Gasteiger partial charge in [-0.15, -0.1) is 0 Å². The van der Waals surface area contributed by atoms with Gasteiger partial charge in [0.2, 0.25) is 11.8 Å². The molecule has 4 saturated carbocycles. The van der Waals surface area contributed by atoms with Crippen molar-refractivity contribution in [1.29, 1.82) is 0 Å². The first kappa shape index (κ1) is 52.7. The fourth-order valence-electron chi connectivity index (χ4n) is 12.5. The lowest BCUT2D eigenvalue weighted by Gasteiger charge is -2.61. The summed E-state index contributed by atoms with van der Waals surface area (Å²) in [5.74, 6) is -4.53. The molecule has 0 aliphatic heterocycles. The zero-order valence-electron chi connectivity index (χ0n) is 37.5. The third-order valence-electron chi connectivity index (χ3n) is 15.5. The largest absolute Gasteiger partial charge is 0.480 e. The molecule has 3 unspecified atom stereocenters. The summed E-state index contributed by atoms with van der Waals surface area (Å²) in [6, 6.07) is -1.39. The van der Waals surface area contributed by atoms with E-state index in [0.29, 0.717) is 48.3 Å². The van der Waals surface area contributed by atoms with Gasteiger partial charge in [0, 0.05) is 51.6 Å². The van der Waals surface area contributed by atoms with Crippen molar-refractivity contribution in [3.05, 3.63) is 0 Å². The summed E-state index contributed by atoms with van der Waals surface area (Å²) in [6.45, 7) is 3.79. The van der Waals surface area contributed by atoms with Crippen LogP contribution in [0.4, 0.5) is 0 Å². The van der Waals surface area contributed by atoms with Gasteiger partial charge in [0.05, 0.1) is 31.9 Å². The van der Waals surface area contributed by atoms with Gasteiger partial charge in [-0.2, -0.15) is 8.42 Å². The summed E-state index contributed by atoms with van der Waals surface area (Å²) >= 11 is 0. The first-order chi connectivity index (χ1) is 29.9. The number of carbonyl (C=O) groups excluding carboxylic acids is 2. The quantitative estimate of drug-likeness (QED) is 0.0547. The Balaban J connectivity index is 1.34. The maximum atomic E-state index is 13.5. The molecule has 8 N–H and O–H groups in total. The maximum absolute atomic E-state index is 13.5. The molecule has 4 aliphatic carbocycles. The molecule has 4 rings (SSSR count). The number of fused-ring (bicyclic) bond motifs is 5. The predicted octanol–water partition coefficient (Wildman–Crippen LogP) is 2.03. The summed E-state index contributed by atoms with van der Waals surface area (Å²) in [7, 11) is -4.14. The summed E-state index contributed by atoms with van der Waals surface area (Å²) in [5, 5.41) is 53.3. The van der Waals surface area contributed by atoms with Gasteiger partial charge < -0.3 is 36.2 Å². The fraction of sp³-hybridized carbons (Fsp3) is 0.837. The number of hydrogen-bond acceptors (Lipinski definition) is 12. The lowest BCUT2D eigenvalue weighted by molar-refractivity contribution is -0.146. The van der Waals surface area contributed by atoms with Gasteiger partial charge in [0.25, 0.3) is 10.1 Å². The van der Waals surface area contributed by atoms with Gasteiger partial charge in [-0.1, -0.05) is 20.8 Å². The second-order valence-corrected chi connectivity index (χ2v) is 21.1. The van der Waals surface area contributed by atoms with E-state index in [-0.39, 0.29) is 74.3 Å². The molecule has 364 valence electrons. The third kappa shape index (κ3) is 14.8. The van der Waals surface area contributed by atoms with Gasteiger partial charge >= 0.3 is 29.8 Å². The molecule has 4 fully saturated rings. The highest BCUT2D eigenvalue weighted by molar-refractivity contribution is 7.85. The smallest absolute Gasteiger partial charge is 0.320 e. The number of amides is 2. The van der Waals surface area contributed by atoms with Crippen molar-refractivity contribution in [2.45, 2.75) is 116 Å². The monoisotopic (exact) mass is 929 g/mol. The van der Waals surface area contributed by atoms with Crippen molar-refractivity contribution in [2.24, 2.45) is 46.3 Å². The zero-order chi connectivity index (χ0) is 47.6. The first-order valence-electron chi connectivity index (χ1n) is 22.7. The van der Waals surface area contributed by atoms with Gasteiger partial charge in [-0.05, 0) is 117 Å². The molecular formula is C43H71N5O15S. The third-order valence-corrected chi connectivity index (χ3v) is 16.2. The van der Waals surface area contributed by atoms with Gasteiger partial charge in [0.15, 0.2) is 0 Å². The Morgan fingerprint density at radius 2 is 1.20 bits per heavy atom. The second kappa shape index (κ2) is 23.0. The maximum Gasteiger partial charge on any atom is 0.320 e. The van der Waals surface area contributed by atoms with E-state index in [2.05, 4.69) is 31.4 Å². The molecule has 0 heterocycles. The molecule has 0 saturated heterocycles. The fourth-order valence-corrected chi connectivity index (χ4v) is 12.9. The lowest BCUT2D eigenvalue weighted by atomic mass is 9.44. The Bertz CT molecular complexity index is 1730. The van der Waals surface area contributed by atoms with Crippen LogP contribution in [0.3, 0.4) is 0 Å². The second-order valence-electron chi connectivity index (χ2n) is 19.5. The van der Waals surface area contributed by atoms with Crippen LogP contribution in [-0.2, 0) is 43.7 Å². The van der Waals surface area contributed by atoms with E-state index in [9.17, 15) is 67.5 Å². The minimum Gasteiger partial charge on any atom is -0.480 e. The van der Waals surface area contributed by atoms with E-state index in [1.807, 2.05) is 0 Å². The summed E-state index contributed by atoms with van der Waals surface area (Å²) in [6.07, 6.45) is 9.97. The van der Waals surface area contributed by atoms with Crippen LogP contribution >= 0.6 is 0 Å². The standard InChI is InChI=1S/C43H71N5O15S/c1-27(4-10-35(49)44-16-21-64(61,62)63)31-7-8-32-30-6-5-28-22-29(12-14-42(28,2)33(30)13-15-43(31,32)3)45-36(50)11-9-34(41(59)60)48(19-17-46(23-37(51)52)24-38(53)54)20-18-47(25-39(55)56)26-40(57)58/h27-34H,4-26H2,1-3H3,(H,44,49)(H,45,50)(H,51,52)(H,53,54)(H,55,56)(H,57,58)(H,59,60)(H,61,62,63)/t27-,28-,29+,30?,31-,32?,33?,34+,42+,43-/m1/s1. The molecule has 21 heteroatoms. The Morgan fingerprint density at radius 3 is 1.73 bits per heavy atom. The van der Waals surface area contributed by atoms with Crippen LogP contribution < -0.4 is 10.6 Å². The molecule has 0 bridgehead atoms.